The molecule has 0 saturated carbocycles. The quantitative estimate of drug-likeness (QED) is 0.656. The van der Waals surface area contributed by atoms with Crippen LogP contribution in [0.3, 0.4) is 0 Å². The molecule has 0 aliphatic rings. The maximum atomic E-state index is 5.48. The van der Waals surface area contributed by atoms with E-state index in [2.05, 4.69) is 20.5 Å². The lowest BCUT2D eigenvalue weighted by Gasteiger charge is -2.09. The Morgan fingerprint density at radius 3 is 2.50 bits per heavy atom. The van der Waals surface area contributed by atoms with Crippen molar-refractivity contribution in [3.63, 3.8) is 0 Å². The second kappa shape index (κ2) is 7.40. The Balaban J connectivity index is 2.09. The molecule has 0 saturated heterocycles. The molecule has 0 radical (unpaired) electrons. The summed E-state index contributed by atoms with van der Waals surface area (Å²) in [5.74, 6) is 1.87. The van der Waals surface area contributed by atoms with Crippen molar-refractivity contribution in [1.29, 1.82) is 0 Å². The van der Waals surface area contributed by atoms with E-state index in [0.29, 0.717) is 24.1 Å². The second-order valence-electron chi connectivity index (χ2n) is 4.69. The zero-order valence-corrected chi connectivity index (χ0v) is 13.3. The highest BCUT2D eigenvalue weighted by Crippen LogP contribution is 2.27. The van der Waals surface area contributed by atoms with Crippen LogP contribution in [0.15, 0.2) is 29.4 Å². The third kappa shape index (κ3) is 4.18. The number of aryl methyl sites for hydroxylation is 2. The van der Waals surface area contributed by atoms with Gasteiger partial charge in [0, 0.05) is 11.4 Å². The molecule has 22 heavy (non-hydrogen) atoms. The Labute approximate surface area is 130 Å². The summed E-state index contributed by atoms with van der Waals surface area (Å²) in [4.78, 5) is 8.51. The molecule has 0 atom stereocenters. The number of hydrazone groups is 1. The molecule has 2 aromatic rings. The van der Waals surface area contributed by atoms with E-state index in [9.17, 15) is 0 Å². The fourth-order valence-electron chi connectivity index (χ4n) is 1.98. The van der Waals surface area contributed by atoms with E-state index in [1.165, 1.54) is 0 Å². The minimum atomic E-state index is 0.478. The summed E-state index contributed by atoms with van der Waals surface area (Å²) >= 11 is 0. The first-order valence-electron chi connectivity index (χ1n) is 7.04. The first-order valence-corrected chi connectivity index (χ1v) is 7.04. The summed E-state index contributed by atoms with van der Waals surface area (Å²) in [6.45, 7) is 6.36. The van der Waals surface area contributed by atoms with Gasteiger partial charge in [-0.3, -0.25) is 0 Å². The molecule has 1 N–H and O–H groups in total. The Morgan fingerprint density at radius 1 is 1.14 bits per heavy atom. The maximum Gasteiger partial charge on any atom is 0.243 e. The monoisotopic (exact) mass is 300 g/mol. The van der Waals surface area contributed by atoms with Gasteiger partial charge in [-0.15, -0.1) is 0 Å². The van der Waals surface area contributed by atoms with Gasteiger partial charge in [0.1, 0.15) is 0 Å². The molecule has 0 aliphatic carbocycles. The van der Waals surface area contributed by atoms with Crippen LogP contribution < -0.4 is 14.9 Å². The first-order chi connectivity index (χ1) is 10.6. The number of nitrogens with one attached hydrogen (secondary N) is 1. The maximum absolute atomic E-state index is 5.48. The van der Waals surface area contributed by atoms with Crippen LogP contribution in [0, 0.1) is 13.8 Å². The summed E-state index contributed by atoms with van der Waals surface area (Å²) in [6, 6.07) is 7.53. The topological polar surface area (TPSA) is 68.6 Å². The minimum absolute atomic E-state index is 0.478. The molecule has 1 aromatic heterocycles. The molecular weight excluding hydrogens is 280 g/mol. The Kier molecular flexibility index (Phi) is 5.30. The lowest BCUT2D eigenvalue weighted by atomic mass is 10.2. The van der Waals surface area contributed by atoms with Crippen molar-refractivity contribution in [2.75, 3.05) is 19.1 Å². The van der Waals surface area contributed by atoms with Crippen molar-refractivity contribution in [3.8, 4) is 11.5 Å². The zero-order valence-electron chi connectivity index (χ0n) is 13.3. The molecule has 0 spiro atoms. The number of rotatable bonds is 6. The lowest BCUT2D eigenvalue weighted by molar-refractivity contribution is 0.311. The summed E-state index contributed by atoms with van der Waals surface area (Å²) in [5.41, 5.74) is 5.51. The van der Waals surface area contributed by atoms with E-state index < -0.39 is 0 Å². The number of aromatic nitrogens is 2. The van der Waals surface area contributed by atoms with Crippen molar-refractivity contribution in [3.05, 3.63) is 41.2 Å². The highest BCUT2D eigenvalue weighted by Gasteiger charge is 2.04. The number of methoxy groups -OCH3 is 1. The van der Waals surface area contributed by atoms with Gasteiger partial charge in [-0.25, -0.2) is 15.4 Å². The van der Waals surface area contributed by atoms with Gasteiger partial charge >= 0.3 is 0 Å². The van der Waals surface area contributed by atoms with Crippen LogP contribution in [-0.2, 0) is 0 Å². The molecule has 1 heterocycles. The van der Waals surface area contributed by atoms with Crippen molar-refractivity contribution < 1.29 is 9.47 Å². The van der Waals surface area contributed by atoms with Gasteiger partial charge < -0.3 is 9.47 Å². The van der Waals surface area contributed by atoms with E-state index in [-0.39, 0.29) is 0 Å². The highest BCUT2D eigenvalue weighted by molar-refractivity contribution is 5.81. The van der Waals surface area contributed by atoms with Gasteiger partial charge in [0.25, 0.3) is 0 Å². The Hall–Kier alpha value is -2.63. The van der Waals surface area contributed by atoms with E-state index in [4.69, 9.17) is 9.47 Å². The SMILES string of the molecule is CCOc1ccc(/C=N/Nc2nc(C)cc(C)n2)cc1OC. The molecular formula is C16H20N4O2. The van der Waals surface area contributed by atoms with Crippen LogP contribution in [0.1, 0.15) is 23.9 Å². The second-order valence-corrected chi connectivity index (χ2v) is 4.69. The third-order valence-corrected chi connectivity index (χ3v) is 2.85. The standard InChI is InChI=1S/C16H20N4O2/c1-5-22-14-7-6-13(9-15(14)21-4)10-17-20-16-18-11(2)8-12(3)19-16/h6-10H,5H2,1-4H3,(H,18,19,20)/b17-10+. The van der Waals surface area contributed by atoms with Gasteiger partial charge in [-0.05, 0) is 50.6 Å². The van der Waals surface area contributed by atoms with Crippen LogP contribution >= 0.6 is 0 Å². The molecule has 6 nitrogen and oxygen atoms in total. The highest BCUT2D eigenvalue weighted by atomic mass is 16.5. The van der Waals surface area contributed by atoms with Crippen molar-refractivity contribution >= 4 is 12.2 Å². The molecule has 116 valence electrons. The molecule has 1 aromatic carbocycles. The lowest BCUT2D eigenvalue weighted by Crippen LogP contribution is -2.00. The molecule has 2 rings (SSSR count). The number of nitrogens with zero attached hydrogens (tertiary/aromatic N) is 3. The molecule has 0 unspecified atom stereocenters. The van der Waals surface area contributed by atoms with Gasteiger partial charge in [-0.1, -0.05) is 0 Å². The summed E-state index contributed by atoms with van der Waals surface area (Å²) in [6.07, 6.45) is 1.68. The van der Waals surface area contributed by atoms with Crippen LogP contribution in [0.25, 0.3) is 0 Å². The molecule has 0 aliphatic heterocycles. The van der Waals surface area contributed by atoms with Crippen LogP contribution in [0.2, 0.25) is 0 Å². The molecule has 6 heteroatoms. The van der Waals surface area contributed by atoms with Crippen LogP contribution in [-0.4, -0.2) is 29.9 Å². The predicted octanol–water partition coefficient (Wildman–Crippen LogP) is 2.95. The number of benzene rings is 1. The summed E-state index contributed by atoms with van der Waals surface area (Å²) in [5, 5.41) is 4.15. The van der Waals surface area contributed by atoms with Crippen molar-refractivity contribution in [2.24, 2.45) is 5.10 Å². The molecule has 0 amide bonds. The average molecular weight is 300 g/mol. The molecule has 0 bridgehead atoms. The van der Waals surface area contributed by atoms with Crippen molar-refractivity contribution in [2.45, 2.75) is 20.8 Å². The van der Waals surface area contributed by atoms with Gasteiger partial charge in [0.2, 0.25) is 5.95 Å². The van der Waals surface area contributed by atoms with Crippen LogP contribution in [0.4, 0.5) is 5.95 Å². The predicted molar refractivity (Wildman–Crippen MR) is 86.9 cm³/mol. The van der Waals surface area contributed by atoms with Crippen molar-refractivity contribution in [1.82, 2.24) is 9.97 Å². The van der Waals surface area contributed by atoms with E-state index in [0.717, 1.165) is 17.0 Å². The zero-order chi connectivity index (χ0) is 15.9. The Morgan fingerprint density at radius 2 is 1.86 bits per heavy atom. The fourth-order valence-corrected chi connectivity index (χ4v) is 1.98. The smallest absolute Gasteiger partial charge is 0.243 e. The summed E-state index contributed by atoms with van der Waals surface area (Å²) in [7, 11) is 1.61. The molecule has 0 fully saturated rings. The fraction of sp³-hybridized carbons (Fsp3) is 0.312. The summed E-state index contributed by atoms with van der Waals surface area (Å²) < 4.78 is 10.8. The number of hydrogen-bond donors (Lipinski definition) is 1. The number of hydrogen-bond acceptors (Lipinski definition) is 6. The Bertz CT molecular complexity index is 651. The minimum Gasteiger partial charge on any atom is -0.493 e. The van der Waals surface area contributed by atoms with Gasteiger partial charge in [-0.2, -0.15) is 5.10 Å². The van der Waals surface area contributed by atoms with Gasteiger partial charge in [0.05, 0.1) is 19.9 Å². The number of anilines is 1. The average Bonchev–Trinajstić information content (AvgIpc) is 2.48. The number of ether oxygens (including phenoxy) is 2. The third-order valence-electron chi connectivity index (χ3n) is 2.85. The van der Waals surface area contributed by atoms with E-state index in [1.54, 1.807) is 13.3 Å². The largest absolute Gasteiger partial charge is 0.493 e. The van der Waals surface area contributed by atoms with E-state index in [1.807, 2.05) is 45.0 Å². The van der Waals surface area contributed by atoms with Gasteiger partial charge in [0.15, 0.2) is 11.5 Å². The first kappa shape index (κ1) is 15.8. The van der Waals surface area contributed by atoms with E-state index >= 15 is 0 Å². The normalized spacial score (nSPS) is 10.7. The van der Waals surface area contributed by atoms with Crippen LogP contribution in [0.5, 0.6) is 11.5 Å².